The van der Waals surface area contributed by atoms with Gasteiger partial charge in [0.25, 0.3) is 5.91 Å². The van der Waals surface area contributed by atoms with Gasteiger partial charge in [0.2, 0.25) is 0 Å². The molecule has 0 unspecified atom stereocenters. The molecule has 0 aliphatic carbocycles. The van der Waals surface area contributed by atoms with Crippen molar-refractivity contribution in [1.29, 1.82) is 0 Å². The van der Waals surface area contributed by atoms with Crippen molar-refractivity contribution in [2.24, 2.45) is 0 Å². The third-order valence-electron chi connectivity index (χ3n) is 7.84. The summed E-state index contributed by atoms with van der Waals surface area (Å²) in [5.74, 6) is -0.282. The summed E-state index contributed by atoms with van der Waals surface area (Å²) < 4.78 is 40.8. The van der Waals surface area contributed by atoms with Gasteiger partial charge in [0.15, 0.2) is 11.5 Å². The third kappa shape index (κ3) is 7.05. The number of carbonyl (C=O) groups excluding carboxylic acids is 1. The van der Waals surface area contributed by atoms with Crippen LogP contribution in [0.5, 0.6) is 0 Å². The number of pyridine rings is 2. The molecule has 1 fully saturated rings. The first-order chi connectivity index (χ1) is 21.6. The van der Waals surface area contributed by atoms with Crippen LogP contribution < -0.4 is 16.4 Å². The van der Waals surface area contributed by atoms with Gasteiger partial charge in [-0.05, 0) is 48.0 Å². The smallest absolute Gasteiger partial charge is 0.382 e. The van der Waals surface area contributed by atoms with E-state index >= 15 is 0 Å². The highest BCUT2D eigenvalue weighted by Crippen LogP contribution is 2.31. The number of benzene rings is 2. The second-order valence-corrected chi connectivity index (χ2v) is 11.1. The molecule has 0 saturated carbocycles. The van der Waals surface area contributed by atoms with Gasteiger partial charge in [-0.15, -0.1) is 0 Å². The van der Waals surface area contributed by atoms with Crippen LogP contribution in [0.2, 0.25) is 0 Å². The van der Waals surface area contributed by atoms with E-state index in [2.05, 4.69) is 47.6 Å². The highest BCUT2D eigenvalue weighted by atomic mass is 19.4. The number of halogens is 3. The molecule has 1 saturated heterocycles. The normalized spacial score (nSPS) is 14.5. The largest absolute Gasteiger partial charge is 0.417 e. The number of aromatic amines is 1. The lowest BCUT2D eigenvalue weighted by atomic mass is 10.0. The summed E-state index contributed by atoms with van der Waals surface area (Å²) in [4.78, 5) is 26.3. The van der Waals surface area contributed by atoms with E-state index in [-0.39, 0.29) is 17.9 Å². The van der Waals surface area contributed by atoms with Crippen molar-refractivity contribution in [2.45, 2.75) is 19.3 Å². The summed E-state index contributed by atoms with van der Waals surface area (Å²) in [6.07, 6.45) is -2.21. The molecule has 1 amide bonds. The van der Waals surface area contributed by atoms with Gasteiger partial charge in [0.05, 0.1) is 16.5 Å². The molecular formula is C32H32F3N9O. The predicted octanol–water partition coefficient (Wildman–Crippen LogP) is 5.23. The molecule has 1 aliphatic rings. The molecule has 3 aromatic heterocycles. The molecular weight excluding hydrogens is 583 g/mol. The molecule has 5 aromatic rings. The Morgan fingerprint density at radius 1 is 0.956 bits per heavy atom. The number of nitrogens with two attached hydrogens (primary N) is 1. The Bertz CT molecular complexity index is 1810. The fourth-order valence-corrected chi connectivity index (χ4v) is 5.23. The number of nitrogen functional groups attached to an aromatic ring is 1. The molecule has 4 heterocycles. The first kappa shape index (κ1) is 30.0. The Kier molecular flexibility index (Phi) is 8.37. The number of hydrogen-bond donors (Lipinski definition) is 4. The zero-order valence-electron chi connectivity index (χ0n) is 24.5. The molecule has 1 aliphatic heterocycles. The van der Waals surface area contributed by atoms with Crippen molar-refractivity contribution < 1.29 is 18.0 Å². The van der Waals surface area contributed by atoms with Gasteiger partial charge in [-0.25, -0.2) is 9.97 Å². The maximum absolute atomic E-state index is 13.6. The number of nitrogens with one attached hydrogen (secondary N) is 3. The van der Waals surface area contributed by atoms with Crippen LogP contribution in [0.1, 0.15) is 27.0 Å². The molecule has 45 heavy (non-hydrogen) atoms. The molecule has 13 heteroatoms. The average Bonchev–Trinajstić information content (AvgIpc) is 3.40. The van der Waals surface area contributed by atoms with Crippen molar-refractivity contribution >= 4 is 34.3 Å². The molecule has 0 radical (unpaired) electrons. The van der Waals surface area contributed by atoms with Crippen LogP contribution in [-0.2, 0) is 19.3 Å². The number of rotatable bonds is 8. The molecule has 6 rings (SSSR count). The van der Waals surface area contributed by atoms with Crippen molar-refractivity contribution in [3.05, 3.63) is 95.3 Å². The molecule has 0 spiro atoms. The lowest BCUT2D eigenvalue weighted by Gasteiger charge is -2.32. The summed E-state index contributed by atoms with van der Waals surface area (Å²) in [5, 5.41) is 13.3. The zero-order chi connectivity index (χ0) is 31.6. The number of amides is 1. The number of likely N-dealkylation sites (N-methyl/N-ethyl adjacent to an activating group) is 1. The molecule has 2 aromatic carbocycles. The number of alkyl halides is 3. The number of nitrogens with zero attached hydrogens (tertiary/aromatic N) is 5. The van der Waals surface area contributed by atoms with Gasteiger partial charge in [0.1, 0.15) is 5.82 Å². The van der Waals surface area contributed by atoms with E-state index in [4.69, 9.17) is 5.73 Å². The number of anilines is 3. The second-order valence-electron chi connectivity index (χ2n) is 11.1. The molecule has 0 atom stereocenters. The Morgan fingerprint density at radius 3 is 2.49 bits per heavy atom. The number of carbonyl (C=O) groups is 1. The number of aromatic nitrogens is 4. The number of H-pyrrole nitrogens is 1. The maximum atomic E-state index is 13.6. The van der Waals surface area contributed by atoms with E-state index < -0.39 is 17.6 Å². The Hall–Kier alpha value is -5.01. The maximum Gasteiger partial charge on any atom is 0.417 e. The number of hydrogen-bond acceptors (Lipinski definition) is 8. The van der Waals surface area contributed by atoms with Crippen molar-refractivity contribution in [1.82, 2.24) is 30.0 Å². The lowest BCUT2D eigenvalue weighted by Crippen LogP contribution is -2.43. The van der Waals surface area contributed by atoms with E-state index in [0.717, 1.165) is 72.6 Å². The van der Waals surface area contributed by atoms with Gasteiger partial charge in [-0.3, -0.25) is 14.8 Å². The van der Waals surface area contributed by atoms with Gasteiger partial charge in [-0.2, -0.15) is 18.3 Å². The summed E-state index contributed by atoms with van der Waals surface area (Å²) >= 11 is 0. The average molecular weight is 616 g/mol. The number of fused-ring (bicyclic) bond motifs is 1. The SMILES string of the molecule is CN1CCN(Cc2cccc(NC(=O)c3cc(C(F)(F)F)cnc3NCc3ccc(-c4cnc5[nH]nc(N)c5c4)cc3)c2)CC1. The van der Waals surface area contributed by atoms with Crippen molar-refractivity contribution in [2.75, 3.05) is 49.6 Å². The summed E-state index contributed by atoms with van der Waals surface area (Å²) in [6.45, 7) is 4.78. The van der Waals surface area contributed by atoms with E-state index in [0.29, 0.717) is 17.2 Å². The zero-order valence-corrected chi connectivity index (χ0v) is 24.5. The van der Waals surface area contributed by atoms with E-state index in [1.165, 1.54) is 0 Å². The summed E-state index contributed by atoms with van der Waals surface area (Å²) in [7, 11) is 2.09. The summed E-state index contributed by atoms with van der Waals surface area (Å²) in [5.41, 5.74) is 9.38. The number of piperazine rings is 1. The van der Waals surface area contributed by atoms with Crippen molar-refractivity contribution in [3.8, 4) is 11.1 Å². The highest BCUT2D eigenvalue weighted by molar-refractivity contribution is 6.07. The topological polar surface area (TPSA) is 128 Å². The Morgan fingerprint density at radius 2 is 1.73 bits per heavy atom. The first-order valence-corrected chi connectivity index (χ1v) is 14.4. The molecule has 232 valence electrons. The van der Waals surface area contributed by atoms with Crippen LogP contribution in [-0.4, -0.2) is 69.1 Å². The van der Waals surface area contributed by atoms with Crippen LogP contribution >= 0.6 is 0 Å². The third-order valence-corrected chi connectivity index (χ3v) is 7.84. The lowest BCUT2D eigenvalue weighted by molar-refractivity contribution is -0.137. The van der Waals surface area contributed by atoms with E-state index in [1.807, 2.05) is 48.5 Å². The minimum absolute atomic E-state index is 0.0447. The fraction of sp³-hybridized carbons (Fsp3) is 0.250. The predicted molar refractivity (Wildman–Crippen MR) is 167 cm³/mol. The molecule has 10 nitrogen and oxygen atoms in total. The minimum atomic E-state index is -4.65. The quantitative estimate of drug-likeness (QED) is 0.187. The molecule has 0 bridgehead atoms. The minimum Gasteiger partial charge on any atom is -0.382 e. The van der Waals surface area contributed by atoms with E-state index in [1.54, 1.807) is 12.3 Å². The van der Waals surface area contributed by atoms with Crippen LogP contribution in [0.3, 0.4) is 0 Å². The standard InChI is InChI=1S/C32H32F3N9O/c1-43-9-11-44(12-10-43)19-21-3-2-4-25(13-21)40-31(45)27-15-24(32(33,34)35)18-39-29(27)37-16-20-5-7-22(8-6-20)23-14-26-28(36)41-42-30(26)38-17-23/h2-8,13-15,17-18H,9-12,16,19H2,1H3,(H,37,39)(H,40,45)(H3,36,38,41,42). The van der Waals surface area contributed by atoms with E-state index in [9.17, 15) is 18.0 Å². The Labute approximate surface area is 257 Å². The van der Waals surface area contributed by atoms with Gasteiger partial charge in [-0.1, -0.05) is 36.4 Å². The van der Waals surface area contributed by atoms with Gasteiger partial charge >= 0.3 is 6.18 Å². The summed E-state index contributed by atoms with van der Waals surface area (Å²) in [6, 6.07) is 17.6. The highest BCUT2D eigenvalue weighted by Gasteiger charge is 2.32. The van der Waals surface area contributed by atoms with Crippen LogP contribution in [0, 0.1) is 0 Å². The van der Waals surface area contributed by atoms with Gasteiger partial charge < -0.3 is 21.3 Å². The monoisotopic (exact) mass is 615 g/mol. The fourth-order valence-electron chi connectivity index (χ4n) is 5.23. The Balaban J connectivity index is 1.17. The van der Waals surface area contributed by atoms with Crippen molar-refractivity contribution in [3.63, 3.8) is 0 Å². The molecule has 5 N–H and O–H groups in total. The van der Waals surface area contributed by atoms with Gasteiger partial charge in [0, 0.05) is 62.9 Å². The first-order valence-electron chi connectivity index (χ1n) is 14.4. The van der Waals surface area contributed by atoms with Crippen LogP contribution in [0.4, 0.5) is 30.5 Å². The second kappa shape index (κ2) is 12.5. The van der Waals surface area contributed by atoms with Crippen LogP contribution in [0.15, 0.2) is 73.1 Å². The van der Waals surface area contributed by atoms with Crippen LogP contribution in [0.25, 0.3) is 22.2 Å².